The number of unbranched alkanes of at least 4 members (excludes halogenated alkanes) is 2. The van der Waals surface area contributed by atoms with Crippen LogP contribution in [0.15, 0.2) is 24.3 Å². The lowest BCUT2D eigenvalue weighted by Gasteiger charge is -2.23. The van der Waals surface area contributed by atoms with E-state index in [4.69, 9.17) is 14.9 Å². The zero-order valence-electron chi connectivity index (χ0n) is 11.7. The van der Waals surface area contributed by atoms with Crippen LogP contribution in [0.25, 0.3) is 0 Å². The van der Waals surface area contributed by atoms with Crippen LogP contribution in [-0.2, 0) is 0 Å². The molecule has 0 aliphatic heterocycles. The zero-order chi connectivity index (χ0) is 13.9. The third-order valence-electron chi connectivity index (χ3n) is 2.96. The largest absolute Gasteiger partial charge is 0.494 e. The van der Waals surface area contributed by atoms with E-state index >= 15 is 0 Å². The van der Waals surface area contributed by atoms with Crippen LogP contribution < -0.4 is 9.64 Å². The van der Waals surface area contributed by atoms with Gasteiger partial charge in [-0.25, -0.2) is 0 Å². The Kier molecular flexibility index (Phi) is 8.02. The first kappa shape index (κ1) is 15.8. The molecule has 0 saturated carbocycles. The Morgan fingerprint density at radius 1 is 1.00 bits per heavy atom. The molecule has 0 amide bonds. The van der Waals surface area contributed by atoms with Crippen molar-refractivity contribution in [1.82, 2.24) is 0 Å². The van der Waals surface area contributed by atoms with Gasteiger partial charge < -0.3 is 19.8 Å². The van der Waals surface area contributed by atoms with Crippen molar-refractivity contribution in [2.75, 3.05) is 37.8 Å². The molecule has 0 saturated heterocycles. The van der Waals surface area contributed by atoms with Gasteiger partial charge in [-0.2, -0.15) is 0 Å². The lowest BCUT2D eigenvalue weighted by molar-refractivity contribution is 0.281. The number of anilines is 1. The molecule has 1 aromatic carbocycles. The van der Waals surface area contributed by atoms with Gasteiger partial charge in [0.05, 0.1) is 19.8 Å². The highest BCUT2D eigenvalue weighted by atomic mass is 16.5. The van der Waals surface area contributed by atoms with E-state index < -0.39 is 0 Å². The molecule has 0 aromatic heterocycles. The van der Waals surface area contributed by atoms with Crippen molar-refractivity contribution in [1.29, 1.82) is 0 Å². The van der Waals surface area contributed by atoms with Crippen LogP contribution in [0.2, 0.25) is 0 Å². The Morgan fingerprint density at radius 3 is 2.16 bits per heavy atom. The molecule has 108 valence electrons. The van der Waals surface area contributed by atoms with Gasteiger partial charge in [0.25, 0.3) is 0 Å². The van der Waals surface area contributed by atoms with Crippen LogP contribution in [0.3, 0.4) is 0 Å². The third-order valence-corrected chi connectivity index (χ3v) is 2.96. The smallest absolute Gasteiger partial charge is 0.119 e. The molecule has 19 heavy (non-hydrogen) atoms. The maximum absolute atomic E-state index is 9.00. The van der Waals surface area contributed by atoms with Gasteiger partial charge in [0.2, 0.25) is 0 Å². The summed E-state index contributed by atoms with van der Waals surface area (Å²) in [7, 11) is 0. The fourth-order valence-electron chi connectivity index (χ4n) is 1.91. The maximum atomic E-state index is 9.00. The predicted molar refractivity (Wildman–Crippen MR) is 77.8 cm³/mol. The molecule has 0 fully saturated rings. The van der Waals surface area contributed by atoms with E-state index in [2.05, 4.69) is 6.92 Å². The van der Waals surface area contributed by atoms with Gasteiger partial charge in [-0.15, -0.1) is 0 Å². The van der Waals surface area contributed by atoms with E-state index in [-0.39, 0.29) is 13.2 Å². The quantitative estimate of drug-likeness (QED) is 0.637. The molecule has 0 aliphatic rings. The van der Waals surface area contributed by atoms with Gasteiger partial charge in [0, 0.05) is 18.8 Å². The van der Waals surface area contributed by atoms with Crippen molar-refractivity contribution in [3.63, 3.8) is 0 Å². The average molecular weight is 267 g/mol. The minimum absolute atomic E-state index is 0.0786. The summed E-state index contributed by atoms with van der Waals surface area (Å²) >= 11 is 0. The highest BCUT2D eigenvalue weighted by molar-refractivity contribution is 5.49. The lowest BCUT2D eigenvalue weighted by atomic mass is 10.2. The Balaban J connectivity index is 2.49. The molecule has 0 unspecified atom stereocenters. The van der Waals surface area contributed by atoms with E-state index in [0.717, 1.165) is 24.5 Å². The van der Waals surface area contributed by atoms with Crippen molar-refractivity contribution in [2.45, 2.75) is 26.2 Å². The summed E-state index contributed by atoms with van der Waals surface area (Å²) in [5.74, 6) is 0.868. The fraction of sp³-hybridized carbons (Fsp3) is 0.600. The average Bonchev–Trinajstić information content (AvgIpc) is 2.44. The van der Waals surface area contributed by atoms with Crippen molar-refractivity contribution in [2.24, 2.45) is 0 Å². The van der Waals surface area contributed by atoms with E-state index in [0.29, 0.717) is 13.1 Å². The van der Waals surface area contributed by atoms with Gasteiger partial charge >= 0.3 is 0 Å². The molecule has 1 rings (SSSR count). The van der Waals surface area contributed by atoms with Crippen LogP contribution in [0.1, 0.15) is 26.2 Å². The Hall–Kier alpha value is -1.26. The number of aliphatic hydroxyl groups is 2. The normalized spacial score (nSPS) is 10.5. The second-order valence-corrected chi connectivity index (χ2v) is 4.48. The Bertz CT molecular complexity index is 321. The van der Waals surface area contributed by atoms with Crippen LogP contribution >= 0.6 is 0 Å². The Morgan fingerprint density at radius 2 is 1.63 bits per heavy atom. The number of benzene rings is 1. The summed E-state index contributed by atoms with van der Waals surface area (Å²) < 4.78 is 5.65. The number of nitrogens with zero attached hydrogens (tertiary/aromatic N) is 1. The van der Waals surface area contributed by atoms with E-state index in [9.17, 15) is 0 Å². The number of hydrogen-bond donors (Lipinski definition) is 2. The molecule has 0 radical (unpaired) electrons. The van der Waals surface area contributed by atoms with Gasteiger partial charge in [-0.1, -0.05) is 19.8 Å². The second-order valence-electron chi connectivity index (χ2n) is 4.48. The van der Waals surface area contributed by atoms with Gasteiger partial charge in [0.1, 0.15) is 5.75 Å². The van der Waals surface area contributed by atoms with Crippen molar-refractivity contribution < 1.29 is 14.9 Å². The highest BCUT2D eigenvalue weighted by Crippen LogP contribution is 2.19. The third kappa shape index (κ3) is 5.94. The summed E-state index contributed by atoms with van der Waals surface area (Å²) in [6.07, 6.45) is 3.47. The minimum atomic E-state index is 0.0786. The van der Waals surface area contributed by atoms with E-state index in [1.165, 1.54) is 12.8 Å². The Labute approximate surface area is 115 Å². The summed E-state index contributed by atoms with van der Waals surface area (Å²) in [4.78, 5) is 1.95. The monoisotopic (exact) mass is 267 g/mol. The van der Waals surface area contributed by atoms with Gasteiger partial charge in [-0.05, 0) is 30.7 Å². The first-order chi connectivity index (χ1) is 9.31. The molecule has 4 nitrogen and oxygen atoms in total. The molecule has 0 spiro atoms. The van der Waals surface area contributed by atoms with Gasteiger partial charge in [-0.3, -0.25) is 0 Å². The van der Waals surface area contributed by atoms with E-state index in [1.807, 2.05) is 29.2 Å². The molecule has 0 bridgehead atoms. The predicted octanol–water partition coefficient (Wildman–Crippen LogP) is 2.05. The first-order valence-electron chi connectivity index (χ1n) is 7.01. The standard InChI is InChI=1S/C15H25NO3/c1-2-3-4-13-19-15-7-5-14(6-8-15)16(9-11-17)10-12-18/h5-8,17-18H,2-4,9-13H2,1H3. The number of hydrogen-bond acceptors (Lipinski definition) is 4. The first-order valence-corrected chi connectivity index (χ1v) is 7.01. The number of aliphatic hydroxyl groups excluding tert-OH is 2. The SMILES string of the molecule is CCCCCOc1ccc(N(CCO)CCO)cc1. The molecular formula is C15H25NO3. The van der Waals surface area contributed by atoms with E-state index in [1.54, 1.807) is 0 Å². The van der Waals surface area contributed by atoms with Crippen LogP contribution in [0.5, 0.6) is 5.75 Å². The molecule has 1 aromatic rings. The lowest BCUT2D eigenvalue weighted by Crippen LogP contribution is -2.29. The molecule has 0 aliphatic carbocycles. The van der Waals surface area contributed by atoms with Crippen LogP contribution in [0.4, 0.5) is 5.69 Å². The molecule has 2 N–H and O–H groups in total. The summed E-state index contributed by atoms with van der Waals surface area (Å²) in [5, 5.41) is 18.0. The number of rotatable bonds is 10. The van der Waals surface area contributed by atoms with Gasteiger partial charge in [0.15, 0.2) is 0 Å². The number of ether oxygens (including phenoxy) is 1. The molecule has 0 heterocycles. The highest BCUT2D eigenvalue weighted by Gasteiger charge is 2.05. The fourth-order valence-corrected chi connectivity index (χ4v) is 1.91. The second kappa shape index (κ2) is 9.64. The maximum Gasteiger partial charge on any atom is 0.119 e. The van der Waals surface area contributed by atoms with Crippen LogP contribution in [-0.4, -0.2) is 43.1 Å². The molecule has 4 heteroatoms. The van der Waals surface area contributed by atoms with Crippen molar-refractivity contribution in [3.8, 4) is 5.75 Å². The summed E-state index contributed by atoms with van der Waals surface area (Å²) in [5.41, 5.74) is 0.990. The summed E-state index contributed by atoms with van der Waals surface area (Å²) in [6, 6.07) is 7.78. The van der Waals surface area contributed by atoms with Crippen molar-refractivity contribution in [3.05, 3.63) is 24.3 Å². The van der Waals surface area contributed by atoms with Crippen molar-refractivity contribution >= 4 is 5.69 Å². The molecular weight excluding hydrogens is 242 g/mol. The van der Waals surface area contributed by atoms with Crippen LogP contribution in [0, 0.1) is 0 Å². The minimum Gasteiger partial charge on any atom is -0.494 e. The zero-order valence-corrected chi connectivity index (χ0v) is 11.7. The summed E-state index contributed by atoms with van der Waals surface area (Å²) in [6.45, 7) is 4.13. The molecule has 0 atom stereocenters. The topological polar surface area (TPSA) is 52.9 Å².